The van der Waals surface area contributed by atoms with Crippen molar-refractivity contribution in [2.24, 2.45) is 23.7 Å². The van der Waals surface area contributed by atoms with Crippen molar-refractivity contribution in [2.75, 3.05) is 0 Å². The molecular weight excluding hydrogens is 244 g/mol. The molecule has 3 fully saturated rings. The van der Waals surface area contributed by atoms with Crippen molar-refractivity contribution in [2.45, 2.75) is 44.3 Å². The molecule has 0 amide bonds. The van der Waals surface area contributed by atoms with Crippen molar-refractivity contribution in [3.8, 4) is 0 Å². The summed E-state index contributed by atoms with van der Waals surface area (Å²) in [6.45, 7) is 0. The first-order chi connectivity index (χ1) is 9.20. The topological polar surface area (TPSA) is 52.6 Å². The molecule has 0 aromatic carbocycles. The highest BCUT2D eigenvalue weighted by Gasteiger charge is 2.47. The Morgan fingerprint density at radius 1 is 1.21 bits per heavy atom. The van der Waals surface area contributed by atoms with Gasteiger partial charge in [-0.3, -0.25) is 9.59 Å². The number of hydrogen-bond acceptors (Lipinski definition) is 4. The van der Waals surface area contributed by atoms with Crippen molar-refractivity contribution >= 4 is 11.9 Å². The van der Waals surface area contributed by atoms with Crippen LogP contribution in [0.3, 0.4) is 0 Å². The molecule has 0 radical (unpaired) electrons. The van der Waals surface area contributed by atoms with Gasteiger partial charge < -0.3 is 9.47 Å². The Kier molecular flexibility index (Phi) is 2.47. The molecule has 6 atom stereocenters. The summed E-state index contributed by atoms with van der Waals surface area (Å²) >= 11 is 0. The van der Waals surface area contributed by atoms with Crippen molar-refractivity contribution in [1.29, 1.82) is 0 Å². The normalized spacial score (nSPS) is 46.4. The molecule has 102 valence electrons. The lowest BCUT2D eigenvalue weighted by Crippen LogP contribution is -2.36. The quantitative estimate of drug-likeness (QED) is 0.563. The van der Waals surface area contributed by atoms with Crippen LogP contribution in [0.2, 0.25) is 0 Å². The van der Waals surface area contributed by atoms with Gasteiger partial charge in [-0.2, -0.15) is 0 Å². The maximum absolute atomic E-state index is 12.3. The second-order valence-corrected chi connectivity index (χ2v) is 6.35. The molecule has 4 nitrogen and oxygen atoms in total. The number of carbonyl (C=O) groups excluding carboxylic acids is 2. The van der Waals surface area contributed by atoms with Gasteiger partial charge in [-0.1, -0.05) is 12.2 Å². The van der Waals surface area contributed by atoms with Crippen LogP contribution in [0.5, 0.6) is 0 Å². The monoisotopic (exact) mass is 262 g/mol. The molecule has 19 heavy (non-hydrogen) atoms. The number of esters is 2. The molecule has 2 saturated carbocycles. The zero-order valence-corrected chi connectivity index (χ0v) is 10.8. The number of rotatable bonds is 2. The van der Waals surface area contributed by atoms with E-state index in [9.17, 15) is 9.59 Å². The molecule has 4 aliphatic rings. The van der Waals surface area contributed by atoms with Gasteiger partial charge >= 0.3 is 11.9 Å². The van der Waals surface area contributed by atoms with Gasteiger partial charge in [0.1, 0.15) is 12.2 Å². The molecule has 1 saturated heterocycles. The minimum absolute atomic E-state index is 0.0322. The molecular formula is C15H18O4. The fraction of sp³-hybridized carbons (Fsp3) is 0.733. The third-order valence-corrected chi connectivity index (χ3v) is 5.18. The second-order valence-electron chi connectivity index (χ2n) is 6.35. The molecule has 0 spiro atoms. The Hall–Kier alpha value is -1.32. The number of ether oxygens (including phenoxy) is 2. The van der Waals surface area contributed by atoms with Gasteiger partial charge in [0.15, 0.2) is 0 Å². The van der Waals surface area contributed by atoms with E-state index in [1.807, 2.05) is 0 Å². The Balaban J connectivity index is 1.40. The zero-order valence-electron chi connectivity index (χ0n) is 10.8. The van der Waals surface area contributed by atoms with Crippen molar-refractivity contribution < 1.29 is 19.1 Å². The molecule has 1 heterocycles. The summed E-state index contributed by atoms with van der Waals surface area (Å²) in [6.07, 6.45) is 8.30. The van der Waals surface area contributed by atoms with E-state index in [-0.39, 0.29) is 36.0 Å². The van der Waals surface area contributed by atoms with Crippen molar-refractivity contribution in [1.82, 2.24) is 0 Å². The van der Waals surface area contributed by atoms with E-state index in [1.165, 1.54) is 0 Å². The van der Waals surface area contributed by atoms with Crippen LogP contribution in [0.25, 0.3) is 0 Å². The van der Waals surface area contributed by atoms with Gasteiger partial charge in [-0.25, -0.2) is 0 Å². The first kappa shape index (κ1) is 11.5. The highest BCUT2D eigenvalue weighted by molar-refractivity contribution is 5.76. The summed E-state index contributed by atoms with van der Waals surface area (Å²) in [7, 11) is 0. The molecule has 4 bridgehead atoms. The number of allylic oxidation sites excluding steroid dienone is 2. The summed E-state index contributed by atoms with van der Waals surface area (Å²) < 4.78 is 10.9. The highest BCUT2D eigenvalue weighted by atomic mass is 16.6. The third-order valence-electron chi connectivity index (χ3n) is 5.18. The Labute approximate surface area is 112 Å². The van der Waals surface area contributed by atoms with Crippen LogP contribution in [0.15, 0.2) is 12.2 Å². The van der Waals surface area contributed by atoms with Crippen molar-refractivity contribution in [3.05, 3.63) is 12.2 Å². The Morgan fingerprint density at radius 2 is 2.11 bits per heavy atom. The lowest BCUT2D eigenvalue weighted by Gasteiger charge is -2.27. The molecule has 4 rings (SSSR count). The van der Waals surface area contributed by atoms with Gasteiger partial charge in [-0.05, 0) is 37.5 Å². The van der Waals surface area contributed by atoms with Crippen LogP contribution in [0.1, 0.15) is 32.1 Å². The first-order valence-electron chi connectivity index (χ1n) is 7.30. The Bertz CT molecular complexity index is 455. The standard InChI is InChI=1S/C15H18O4/c16-14-10-3-4-12(13(7-10)19-14)18-15(17)11-6-8-1-2-9(11)5-8/h1-2,8-13H,3-7H2. The molecule has 6 unspecified atom stereocenters. The predicted octanol–water partition coefficient (Wildman–Crippen LogP) is 1.84. The summed E-state index contributed by atoms with van der Waals surface area (Å²) in [5.41, 5.74) is 0. The Morgan fingerprint density at radius 3 is 2.84 bits per heavy atom. The van der Waals surface area contributed by atoms with E-state index in [4.69, 9.17) is 9.47 Å². The summed E-state index contributed by atoms with van der Waals surface area (Å²) in [5.74, 6) is 0.840. The lowest BCUT2D eigenvalue weighted by molar-refractivity contribution is -0.165. The molecule has 0 N–H and O–H groups in total. The average Bonchev–Trinajstić information content (AvgIpc) is 3.08. The maximum Gasteiger partial charge on any atom is 0.309 e. The lowest BCUT2D eigenvalue weighted by atomic mass is 9.88. The minimum Gasteiger partial charge on any atom is -0.458 e. The molecule has 0 aromatic rings. The fourth-order valence-electron chi connectivity index (χ4n) is 4.11. The smallest absolute Gasteiger partial charge is 0.309 e. The summed E-state index contributed by atoms with van der Waals surface area (Å²) in [4.78, 5) is 23.7. The van der Waals surface area contributed by atoms with Gasteiger partial charge in [-0.15, -0.1) is 0 Å². The van der Waals surface area contributed by atoms with Gasteiger partial charge in [0.2, 0.25) is 0 Å². The first-order valence-corrected chi connectivity index (χ1v) is 7.30. The van der Waals surface area contributed by atoms with E-state index in [0.717, 1.165) is 32.1 Å². The van der Waals surface area contributed by atoms with Crippen LogP contribution in [0.4, 0.5) is 0 Å². The highest BCUT2D eigenvalue weighted by Crippen LogP contribution is 2.44. The summed E-state index contributed by atoms with van der Waals surface area (Å²) in [5, 5.41) is 0. The molecule has 3 aliphatic carbocycles. The second kappa shape index (κ2) is 4.09. The van der Waals surface area contributed by atoms with E-state index < -0.39 is 0 Å². The van der Waals surface area contributed by atoms with Gasteiger partial charge in [0.25, 0.3) is 0 Å². The average molecular weight is 262 g/mol. The largest absolute Gasteiger partial charge is 0.458 e. The van der Waals surface area contributed by atoms with Crippen LogP contribution >= 0.6 is 0 Å². The van der Waals surface area contributed by atoms with E-state index >= 15 is 0 Å². The van der Waals surface area contributed by atoms with Crippen molar-refractivity contribution in [3.63, 3.8) is 0 Å². The van der Waals surface area contributed by atoms with Crippen LogP contribution in [-0.4, -0.2) is 24.1 Å². The number of fused-ring (bicyclic) bond motifs is 4. The number of hydrogen-bond donors (Lipinski definition) is 0. The molecule has 0 aromatic heterocycles. The van der Waals surface area contributed by atoms with Crippen LogP contribution in [-0.2, 0) is 19.1 Å². The van der Waals surface area contributed by atoms with Crippen LogP contribution in [0, 0.1) is 23.7 Å². The minimum atomic E-state index is -0.210. The fourth-order valence-corrected chi connectivity index (χ4v) is 4.11. The SMILES string of the molecule is O=C1OC2CC1CCC2OC(=O)C1CC2C=CC1C2. The maximum atomic E-state index is 12.3. The predicted molar refractivity (Wildman–Crippen MR) is 65.9 cm³/mol. The third kappa shape index (κ3) is 1.80. The van der Waals surface area contributed by atoms with Crippen LogP contribution < -0.4 is 0 Å². The molecule has 1 aliphatic heterocycles. The molecule has 4 heteroatoms. The van der Waals surface area contributed by atoms with E-state index in [0.29, 0.717) is 11.8 Å². The van der Waals surface area contributed by atoms with Gasteiger partial charge in [0, 0.05) is 6.42 Å². The number of carbonyl (C=O) groups is 2. The van der Waals surface area contributed by atoms with Gasteiger partial charge in [0.05, 0.1) is 11.8 Å². The summed E-state index contributed by atoms with van der Waals surface area (Å²) in [6, 6.07) is 0. The van der Waals surface area contributed by atoms with E-state index in [1.54, 1.807) is 0 Å². The van der Waals surface area contributed by atoms with E-state index in [2.05, 4.69) is 12.2 Å². The zero-order chi connectivity index (χ0) is 13.0.